The Kier molecular flexibility index (Phi) is 13.4. The van der Waals surface area contributed by atoms with Crippen molar-refractivity contribution in [3.05, 3.63) is 0 Å². The third kappa shape index (κ3) is 18.3. The van der Waals surface area contributed by atoms with Gasteiger partial charge in [0.1, 0.15) is 0 Å². The van der Waals surface area contributed by atoms with Gasteiger partial charge < -0.3 is 10.00 Å². The van der Waals surface area contributed by atoms with Gasteiger partial charge in [-0.2, -0.15) is 0 Å². The molecule has 1 atom stereocenters. The van der Waals surface area contributed by atoms with Gasteiger partial charge in [-0.1, -0.05) is 64.7 Å². The third-order valence-electron chi connectivity index (χ3n) is 3.72. The fourth-order valence-electron chi connectivity index (χ4n) is 2.22. The van der Waals surface area contributed by atoms with E-state index in [9.17, 15) is 14.6 Å². The van der Waals surface area contributed by atoms with Gasteiger partial charge in [-0.25, -0.2) is 4.57 Å². The Bertz CT molecular complexity index is 315. The first-order valence-corrected chi connectivity index (χ1v) is 10.6. The van der Waals surface area contributed by atoms with Crippen LogP contribution >= 0.6 is 7.82 Å². The Hall–Kier alpha value is 0.0700. The summed E-state index contributed by atoms with van der Waals surface area (Å²) < 4.78 is 21.3. The van der Waals surface area contributed by atoms with Crippen LogP contribution < -0.4 is 0 Å². The lowest BCUT2D eigenvalue weighted by Gasteiger charge is -2.18. The van der Waals surface area contributed by atoms with E-state index in [0.717, 1.165) is 19.3 Å². The molecule has 0 rings (SSSR count). The number of unbranched alkanes of at least 4 members (excludes halogenated alkanes) is 9. The molecule has 0 heterocycles. The number of phosphoric acid groups is 1. The largest absolute Gasteiger partial charge is 0.472 e. The summed E-state index contributed by atoms with van der Waals surface area (Å²) in [5.41, 5.74) is -0.906. The van der Waals surface area contributed by atoms with E-state index < -0.39 is 13.4 Å². The van der Waals surface area contributed by atoms with Gasteiger partial charge in [-0.15, -0.1) is 0 Å². The van der Waals surface area contributed by atoms with Crippen LogP contribution in [0.4, 0.5) is 0 Å². The molecule has 0 aromatic heterocycles. The molecule has 0 saturated carbocycles. The van der Waals surface area contributed by atoms with Crippen LogP contribution in [-0.4, -0.2) is 28.8 Å². The maximum absolute atomic E-state index is 11.6. The van der Waals surface area contributed by atoms with Crippen LogP contribution in [-0.2, 0) is 13.6 Å². The fourth-order valence-corrected chi connectivity index (χ4v) is 2.97. The highest BCUT2D eigenvalue weighted by molar-refractivity contribution is 7.47. The molecular weight excluding hydrogens is 315 g/mol. The highest BCUT2D eigenvalue weighted by atomic mass is 31.2. The Morgan fingerprint density at radius 3 is 1.74 bits per heavy atom. The molecule has 0 spiro atoms. The predicted octanol–water partition coefficient (Wildman–Crippen LogP) is 5.20. The van der Waals surface area contributed by atoms with Gasteiger partial charge in [-0.05, 0) is 26.7 Å². The first-order chi connectivity index (χ1) is 10.8. The monoisotopic (exact) mass is 352 g/mol. The molecule has 0 saturated heterocycles. The van der Waals surface area contributed by atoms with Gasteiger partial charge in [0.05, 0.1) is 18.8 Å². The topological polar surface area (TPSA) is 76.0 Å². The van der Waals surface area contributed by atoms with Crippen molar-refractivity contribution in [3.8, 4) is 0 Å². The summed E-state index contributed by atoms with van der Waals surface area (Å²) in [6, 6.07) is 0. The molecule has 0 aliphatic rings. The average molecular weight is 352 g/mol. The van der Waals surface area contributed by atoms with E-state index in [2.05, 4.69) is 6.92 Å². The van der Waals surface area contributed by atoms with Gasteiger partial charge in [0, 0.05) is 0 Å². The molecule has 0 aliphatic heterocycles. The zero-order valence-corrected chi connectivity index (χ0v) is 16.2. The van der Waals surface area contributed by atoms with Gasteiger partial charge in [0.15, 0.2) is 0 Å². The second-order valence-electron chi connectivity index (χ2n) is 6.88. The third-order valence-corrected chi connectivity index (χ3v) is 4.74. The average Bonchev–Trinajstić information content (AvgIpc) is 2.43. The first kappa shape index (κ1) is 23.1. The molecule has 6 heteroatoms. The minimum absolute atomic E-state index is 0.00924. The lowest BCUT2D eigenvalue weighted by atomic mass is 10.1. The van der Waals surface area contributed by atoms with E-state index in [0.29, 0.717) is 6.42 Å². The molecule has 0 fully saturated rings. The van der Waals surface area contributed by atoms with Crippen LogP contribution in [0.1, 0.15) is 91.4 Å². The van der Waals surface area contributed by atoms with Gasteiger partial charge in [0.25, 0.3) is 0 Å². The summed E-state index contributed by atoms with van der Waals surface area (Å²) in [6.07, 6.45) is 12.4. The van der Waals surface area contributed by atoms with Crippen molar-refractivity contribution in [1.82, 2.24) is 0 Å². The van der Waals surface area contributed by atoms with Gasteiger partial charge in [0.2, 0.25) is 0 Å². The molecule has 0 aliphatic carbocycles. The fraction of sp³-hybridized carbons (Fsp3) is 1.00. The first-order valence-electron chi connectivity index (χ1n) is 9.11. The highest BCUT2D eigenvalue weighted by Crippen LogP contribution is 2.43. The van der Waals surface area contributed by atoms with E-state index in [1.165, 1.54) is 44.9 Å². The predicted molar refractivity (Wildman–Crippen MR) is 94.5 cm³/mol. The zero-order chi connectivity index (χ0) is 17.6. The van der Waals surface area contributed by atoms with Crippen molar-refractivity contribution in [2.24, 2.45) is 0 Å². The van der Waals surface area contributed by atoms with Crippen LogP contribution in [0.2, 0.25) is 0 Å². The molecule has 1 unspecified atom stereocenters. The highest BCUT2D eigenvalue weighted by Gasteiger charge is 2.22. The molecule has 0 radical (unpaired) electrons. The second kappa shape index (κ2) is 13.4. The number of phosphoric ester groups is 1. The van der Waals surface area contributed by atoms with Crippen LogP contribution in [0, 0.1) is 0 Å². The van der Waals surface area contributed by atoms with Crippen LogP contribution in [0.5, 0.6) is 0 Å². The maximum Gasteiger partial charge on any atom is 0.472 e. The van der Waals surface area contributed by atoms with Crippen molar-refractivity contribution < 1.29 is 23.6 Å². The van der Waals surface area contributed by atoms with Gasteiger partial charge >= 0.3 is 7.82 Å². The summed E-state index contributed by atoms with van der Waals surface area (Å²) in [5.74, 6) is 0. The van der Waals surface area contributed by atoms with Crippen molar-refractivity contribution in [3.63, 3.8) is 0 Å². The summed E-state index contributed by atoms with van der Waals surface area (Å²) in [4.78, 5) is 9.48. The standard InChI is InChI=1S/C17H37O5P/c1-4-5-6-7-8-9-10-11-12-13-15-21-23(19,20)22-16-14-17(2,3)18/h18H,4-16H2,1-3H3,(H,19,20). The lowest BCUT2D eigenvalue weighted by Crippen LogP contribution is -2.20. The zero-order valence-electron chi connectivity index (χ0n) is 15.3. The molecule has 0 aromatic rings. The number of hydrogen-bond acceptors (Lipinski definition) is 4. The van der Waals surface area contributed by atoms with Crippen molar-refractivity contribution >= 4 is 7.82 Å². The Labute approximate surface area is 142 Å². The Morgan fingerprint density at radius 1 is 0.826 bits per heavy atom. The van der Waals surface area contributed by atoms with Crippen LogP contribution in [0.3, 0.4) is 0 Å². The molecule has 23 heavy (non-hydrogen) atoms. The minimum atomic E-state index is -3.97. The smallest absolute Gasteiger partial charge is 0.390 e. The number of hydrogen-bond donors (Lipinski definition) is 2. The minimum Gasteiger partial charge on any atom is -0.390 e. The van der Waals surface area contributed by atoms with E-state index in [1.807, 2.05) is 0 Å². The van der Waals surface area contributed by atoms with E-state index >= 15 is 0 Å². The van der Waals surface area contributed by atoms with Crippen LogP contribution in [0.25, 0.3) is 0 Å². The summed E-state index contributed by atoms with van der Waals surface area (Å²) in [6.45, 7) is 5.74. The van der Waals surface area contributed by atoms with Crippen molar-refractivity contribution in [2.75, 3.05) is 13.2 Å². The lowest BCUT2D eigenvalue weighted by molar-refractivity contribution is 0.0468. The van der Waals surface area contributed by atoms with Crippen molar-refractivity contribution in [2.45, 2.75) is 97.0 Å². The normalized spacial score (nSPS) is 14.8. The Balaban J connectivity index is 3.40. The molecule has 0 amide bonds. The van der Waals surface area contributed by atoms with Crippen LogP contribution in [0.15, 0.2) is 0 Å². The molecule has 2 N–H and O–H groups in total. The number of aliphatic hydroxyl groups is 1. The molecule has 0 aromatic carbocycles. The maximum atomic E-state index is 11.6. The second-order valence-corrected chi connectivity index (χ2v) is 8.33. The summed E-state index contributed by atoms with van der Waals surface area (Å²) in [7, 11) is -3.97. The Morgan fingerprint density at radius 2 is 1.26 bits per heavy atom. The van der Waals surface area contributed by atoms with E-state index in [4.69, 9.17) is 9.05 Å². The molecule has 5 nitrogen and oxygen atoms in total. The van der Waals surface area contributed by atoms with Crippen molar-refractivity contribution in [1.29, 1.82) is 0 Å². The van der Waals surface area contributed by atoms with Gasteiger partial charge in [-0.3, -0.25) is 9.05 Å². The quantitative estimate of drug-likeness (QED) is 0.295. The molecular formula is C17H37O5P. The van der Waals surface area contributed by atoms with E-state index in [1.54, 1.807) is 13.8 Å². The molecule has 140 valence electrons. The molecule has 0 bridgehead atoms. The summed E-state index contributed by atoms with van der Waals surface area (Å²) in [5, 5.41) is 9.50. The number of rotatable bonds is 16. The SMILES string of the molecule is CCCCCCCCCCCCOP(=O)(O)OCCC(C)(C)O. The van der Waals surface area contributed by atoms with E-state index in [-0.39, 0.29) is 13.2 Å². The summed E-state index contributed by atoms with van der Waals surface area (Å²) >= 11 is 0.